The molecular weight excluding hydrogens is 437 g/mol. The van der Waals surface area contributed by atoms with Crippen molar-refractivity contribution in [1.29, 1.82) is 0 Å². The first-order valence-corrected chi connectivity index (χ1v) is 11.1. The van der Waals surface area contributed by atoms with E-state index in [1.807, 2.05) is 13.8 Å². The lowest BCUT2D eigenvalue weighted by molar-refractivity contribution is -0.123. The van der Waals surface area contributed by atoms with Crippen LogP contribution in [0.5, 0.6) is 0 Å². The molecule has 3 amide bonds. The Balaban J connectivity index is 2.67. The average Bonchev–Trinajstić information content (AvgIpc) is 2.52. The van der Waals surface area contributed by atoms with Gasteiger partial charge in [-0.25, -0.2) is 4.79 Å². The van der Waals surface area contributed by atoms with Crippen LogP contribution in [0.3, 0.4) is 0 Å². The molecule has 0 aromatic heterocycles. The van der Waals surface area contributed by atoms with Crippen molar-refractivity contribution in [2.24, 2.45) is 5.92 Å². The summed E-state index contributed by atoms with van der Waals surface area (Å²) in [5.41, 5.74) is 0.574. The number of urea groups is 1. The summed E-state index contributed by atoms with van der Waals surface area (Å²) in [6.45, 7) is 7.07. The van der Waals surface area contributed by atoms with E-state index in [0.29, 0.717) is 12.1 Å². The van der Waals surface area contributed by atoms with E-state index in [1.54, 1.807) is 38.1 Å². The summed E-state index contributed by atoms with van der Waals surface area (Å²) in [6, 6.07) is 5.60. The molecule has 27 heavy (non-hydrogen) atoms. The van der Waals surface area contributed by atoms with E-state index in [4.69, 9.17) is 4.52 Å². The number of anilines is 1. The van der Waals surface area contributed by atoms with E-state index in [2.05, 4.69) is 31.9 Å². The zero-order valence-electron chi connectivity index (χ0n) is 15.9. The summed E-state index contributed by atoms with van der Waals surface area (Å²) in [4.78, 5) is 34.3. The standard InChI is InChI=1S/C17H27BrN3O5P/c1-11(2)9-15(16(22)19-10-27(24,25)26-12(3)4)21-17(23)20-14-7-5-13(18)6-8-14/h5-8,11-12,15H,9-10H2,1-4H3,(H,19,22)(H,24,25)(H2,20,21,23). The van der Waals surface area contributed by atoms with Gasteiger partial charge in [-0.05, 0) is 50.5 Å². The van der Waals surface area contributed by atoms with E-state index < -0.39 is 38.0 Å². The Hall–Kier alpha value is -1.41. The highest BCUT2D eigenvalue weighted by atomic mass is 79.9. The summed E-state index contributed by atoms with van der Waals surface area (Å²) >= 11 is 3.31. The van der Waals surface area contributed by atoms with Gasteiger partial charge in [0, 0.05) is 10.2 Å². The van der Waals surface area contributed by atoms with Crippen molar-refractivity contribution in [2.45, 2.75) is 46.3 Å². The predicted octanol–water partition coefficient (Wildman–Crippen LogP) is 3.67. The molecule has 0 aliphatic heterocycles. The molecule has 0 aliphatic carbocycles. The van der Waals surface area contributed by atoms with Crippen molar-refractivity contribution in [1.82, 2.24) is 10.6 Å². The second kappa shape index (κ2) is 10.8. The zero-order chi connectivity index (χ0) is 20.6. The van der Waals surface area contributed by atoms with Crippen molar-refractivity contribution in [3.63, 3.8) is 0 Å². The lowest BCUT2D eigenvalue weighted by Crippen LogP contribution is -2.49. The highest BCUT2D eigenvalue weighted by Gasteiger charge is 2.26. The molecule has 10 heteroatoms. The van der Waals surface area contributed by atoms with Crippen LogP contribution in [0.1, 0.15) is 34.1 Å². The molecule has 1 aromatic rings. The minimum absolute atomic E-state index is 0.126. The largest absolute Gasteiger partial charge is 0.347 e. The number of hydrogen-bond donors (Lipinski definition) is 4. The van der Waals surface area contributed by atoms with Gasteiger partial charge < -0.3 is 25.4 Å². The fourth-order valence-electron chi connectivity index (χ4n) is 2.23. The Labute approximate surface area is 168 Å². The number of amides is 3. The van der Waals surface area contributed by atoms with Gasteiger partial charge in [0.2, 0.25) is 5.91 Å². The first-order valence-electron chi connectivity index (χ1n) is 8.59. The lowest BCUT2D eigenvalue weighted by atomic mass is 10.0. The molecule has 0 bridgehead atoms. The van der Waals surface area contributed by atoms with Gasteiger partial charge in [-0.2, -0.15) is 0 Å². The molecule has 0 saturated carbocycles. The van der Waals surface area contributed by atoms with Crippen LogP contribution in [0.25, 0.3) is 0 Å². The topological polar surface area (TPSA) is 117 Å². The summed E-state index contributed by atoms with van der Waals surface area (Å²) in [7, 11) is -3.93. The Kier molecular flexibility index (Phi) is 9.45. The van der Waals surface area contributed by atoms with Crippen molar-refractivity contribution in [3.05, 3.63) is 28.7 Å². The first kappa shape index (κ1) is 23.6. The molecule has 0 radical (unpaired) electrons. The molecule has 0 fully saturated rings. The molecule has 0 aliphatic rings. The third-order valence-electron chi connectivity index (χ3n) is 3.26. The number of carbonyl (C=O) groups is 2. The van der Waals surface area contributed by atoms with Gasteiger partial charge in [-0.1, -0.05) is 29.8 Å². The molecule has 4 N–H and O–H groups in total. The summed E-state index contributed by atoms with van der Waals surface area (Å²) < 4.78 is 17.7. The Morgan fingerprint density at radius 2 is 1.78 bits per heavy atom. The van der Waals surface area contributed by atoms with Crippen molar-refractivity contribution in [3.8, 4) is 0 Å². The maximum absolute atomic E-state index is 12.4. The van der Waals surface area contributed by atoms with Gasteiger partial charge in [0.15, 0.2) is 0 Å². The number of halogens is 1. The monoisotopic (exact) mass is 463 g/mol. The van der Waals surface area contributed by atoms with Crippen molar-refractivity contribution in [2.75, 3.05) is 11.6 Å². The van der Waals surface area contributed by atoms with Crippen LogP contribution in [0, 0.1) is 5.92 Å². The lowest BCUT2D eigenvalue weighted by Gasteiger charge is -2.22. The minimum Gasteiger partial charge on any atom is -0.343 e. The highest BCUT2D eigenvalue weighted by molar-refractivity contribution is 9.10. The van der Waals surface area contributed by atoms with Crippen molar-refractivity contribution < 1.29 is 23.6 Å². The van der Waals surface area contributed by atoms with E-state index in [0.717, 1.165) is 4.47 Å². The van der Waals surface area contributed by atoms with Crippen LogP contribution in [0.4, 0.5) is 10.5 Å². The summed E-state index contributed by atoms with van der Waals surface area (Å²) in [5, 5.41) is 7.63. The van der Waals surface area contributed by atoms with Gasteiger partial charge in [-0.15, -0.1) is 0 Å². The molecule has 2 unspecified atom stereocenters. The van der Waals surface area contributed by atoms with Crippen LogP contribution in [-0.4, -0.2) is 35.3 Å². The van der Waals surface area contributed by atoms with Gasteiger partial charge >= 0.3 is 13.6 Å². The van der Waals surface area contributed by atoms with Crippen LogP contribution < -0.4 is 16.0 Å². The molecule has 2 atom stereocenters. The highest BCUT2D eigenvalue weighted by Crippen LogP contribution is 2.41. The number of carbonyl (C=O) groups excluding carboxylic acids is 2. The Morgan fingerprint density at radius 1 is 1.19 bits per heavy atom. The molecular formula is C17H27BrN3O5P. The molecule has 1 rings (SSSR count). The van der Waals surface area contributed by atoms with Crippen LogP contribution in [0.15, 0.2) is 28.7 Å². The van der Waals surface area contributed by atoms with Gasteiger partial charge in [0.05, 0.1) is 6.10 Å². The molecule has 0 saturated heterocycles. The Bertz CT molecular complexity index is 682. The molecule has 8 nitrogen and oxygen atoms in total. The fraction of sp³-hybridized carbons (Fsp3) is 0.529. The minimum atomic E-state index is -3.93. The van der Waals surface area contributed by atoms with Gasteiger partial charge in [-0.3, -0.25) is 9.36 Å². The number of hydrogen-bond acceptors (Lipinski definition) is 4. The summed E-state index contributed by atoms with van der Waals surface area (Å²) in [5.74, 6) is -0.419. The van der Waals surface area contributed by atoms with Gasteiger partial charge in [0.25, 0.3) is 0 Å². The zero-order valence-corrected chi connectivity index (χ0v) is 18.3. The van der Waals surface area contributed by atoms with E-state index in [1.165, 1.54) is 0 Å². The second-order valence-corrected chi connectivity index (χ2v) is 9.50. The Morgan fingerprint density at radius 3 is 2.30 bits per heavy atom. The number of rotatable bonds is 9. The SMILES string of the molecule is CC(C)CC(NC(=O)Nc1ccc(Br)cc1)C(=O)NCP(=O)(O)OC(C)C. The second-order valence-electron chi connectivity index (χ2n) is 6.78. The smallest absolute Gasteiger partial charge is 0.343 e. The number of benzene rings is 1. The van der Waals surface area contributed by atoms with E-state index in [-0.39, 0.29) is 5.92 Å². The molecule has 0 spiro atoms. The van der Waals surface area contributed by atoms with Gasteiger partial charge in [0.1, 0.15) is 12.3 Å². The van der Waals surface area contributed by atoms with Crippen molar-refractivity contribution >= 4 is 41.2 Å². The maximum atomic E-state index is 12.4. The molecule has 152 valence electrons. The number of nitrogens with one attached hydrogen (secondary N) is 3. The van der Waals surface area contributed by atoms with Crippen LogP contribution in [-0.2, 0) is 13.9 Å². The van der Waals surface area contributed by atoms with Crippen LogP contribution in [0.2, 0.25) is 0 Å². The maximum Gasteiger partial charge on any atom is 0.347 e. The van der Waals surface area contributed by atoms with E-state index >= 15 is 0 Å². The third kappa shape index (κ3) is 9.91. The summed E-state index contributed by atoms with van der Waals surface area (Å²) in [6.07, 6.45) is -0.589. The first-order chi connectivity index (χ1) is 12.5. The van der Waals surface area contributed by atoms with Crippen LogP contribution >= 0.6 is 23.5 Å². The fourth-order valence-corrected chi connectivity index (χ4v) is 3.58. The molecule has 0 heterocycles. The third-order valence-corrected chi connectivity index (χ3v) is 5.10. The average molecular weight is 464 g/mol. The quantitative estimate of drug-likeness (QED) is 0.416. The van der Waals surface area contributed by atoms with E-state index in [9.17, 15) is 19.0 Å². The molecule has 1 aromatic carbocycles. The predicted molar refractivity (Wildman–Crippen MR) is 109 cm³/mol. The normalized spacial score (nSPS) is 14.5.